The highest BCUT2D eigenvalue weighted by Crippen LogP contribution is 2.65. The molecule has 2 atom stereocenters. The number of ether oxygens (including phenoxy) is 1. The van der Waals surface area contributed by atoms with Gasteiger partial charge in [-0.25, -0.2) is 8.78 Å². The second kappa shape index (κ2) is 6.68. The maximum Gasteiger partial charge on any atom is 0.228 e. The molecule has 4 N–H and O–H groups in total. The van der Waals surface area contributed by atoms with Gasteiger partial charge in [0.15, 0.2) is 0 Å². The molecule has 4 fully saturated rings. The van der Waals surface area contributed by atoms with E-state index in [0.717, 1.165) is 49.7 Å². The Hall–Kier alpha value is -3.22. The number of hydrogen-bond acceptors (Lipinski definition) is 4. The van der Waals surface area contributed by atoms with Gasteiger partial charge in [-0.3, -0.25) is 5.41 Å². The molecule has 2 unspecified atom stereocenters. The van der Waals surface area contributed by atoms with Crippen LogP contribution in [0.25, 0.3) is 0 Å². The molecular weight excluding hydrogens is 434 g/mol. The van der Waals surface area contributed by atoms with Crippen molar-refractivity contribution < 1.29 is 13.5 Å². The summed E-state index contributed by atoms with van der Waals surface area (Å²) in [5.74, 6) is 1.09. The number of nitrogens with two attached hydrogens (primary N) is 1. The zero-order chi connectivity index (χ0) is 23.2. The predicted octanol–water partition coefficient (Wildman–Crippen LogP) is 5.24. The number of aromatic nitrogens is 2. The maximum absolute atomic E-state index is 14.4. The van der Waals surface area contributed by atoms with Crippen LogP contribution < -0.4 is 16.0 Å². The van der Waals surface area contributed by atoms with E-state index < -0.39 is 11.6 Å². The van der Waals surface area contributed by atoms with Gasteiger partial charge in [0.1, 0.15) is 28.7 Å². The minimum Gasteiger partial charge on any atom is -0.438 e. The number of anilines is 1. The second-order valence-corrected chi connectivity index (χ2v) is 11.0. The fourth-order valence-electron chi connectivity index (χ4n) is 7.87. The molecule has 174 valence electrons. The first-order chi connectivity index (χ1) is 16.3. The highest BCUT2D eigenvalue weighted by Gasteiger charge is 2.59. The van der Waals surface area contributed by atoms with Crippen molar-refractivity contribution in [3.8, 4) is 11.6 Å². The van der Waals surface area contributed by atoms with Crippen molar-refractivity contribution in [3.63, 3.8) is 0 Å². The third-order valence-corrected chi connectivity index (χ3v) is 8.76. The van der Waals surface area contributed by atoms with Crippen molar-refractivity contribution in [2.75, 3.05) is 5.73 Å². The van der Waals surface area contributed by atoms with Crippen molar-refractivity contribution >= 4 is 5.69 Å². The highest BCUT2D eigenvalue weighted by atomic mass is 19.1. The van der Waals surface area contributed by atoms with Gasteiger partial charge in [-0.1, -0.05) is 12.1 Å². The van der Waals surface area contributed by atoms with Crippen LogP contribution in [0.4, 0.5) is 14.5 Å². The predicted molar refractivity (Wildman–Crippen MR) is 123 cm³/mol. The molecule has 1 aromatic heterocycles. The highest BCUT2D eigenvalue weighted by molar-refractivity contribution is 5.48. The fraction of sp³-hybridized carbons (Fsp3) is 0.407. The molecule has 4 aliphatic carbocycles. The number of nitrogen functional groups attached to an aromatic ring is 1. The summed E-state index contributed by atoms with van der Waals surface area (Å²) in [6.45, 7) is 0. The van der Waals surface area contributed by atoms with Gasteiger partial charge in [0.05, 0.1) is 5.56 Å². The quantitative estimate of drug-likeness (QED) is 0.358. The molecular formula is C27H26F2N4O. The molecule has 1 aliphatic heterocycles. The van der Waals surface area contributed by atoms with Crippen LogP contribution >= 0.6 is 0 Å². The lowest BCUT2D eigenvalue weighted by molar-refractivity contribution is -0.0322. The summed E-state index contributed by atoms with van der Waals surface area (Å²) < 4.78 is 34.1. The van der Waals surface area contributed by atoms with Crippen LogP contribution in [0.5, 0.6) is 11.6 Å². The molecule has 3 aromatic rings. The van der Waals surface area contributed by atoms with Crippen LogP contribution in [0, 0.1) is 28.9 Å². The molecule has 0 radical (unpaired) electrons. The molecule has 2 aromatic carbocycles. The average molecular weight is 461 g/mol. The van der Waals surface area contributed by atoms with E-state index in [-0.39, 0.29) is 34.1 Å². The number of nitrogens with one attached hydrogen (secondary N) is 2. The normalized spacial score (nSPS) is 30.5. The molecule has 0 saturated heterocycles. The van der Waals surface area contributed by atoms with Crippen LogP contribution in [0.3, 0.4) is 0 Å². The number of fused-ring (bicyclic) bond motifs is 2. The number of benzene rings is 2. The molecule has 7 heteroatoms. The van der Waals surface area contributed by atoms with E-state index in [0.29, 0.717) is 23.3 Å². The summed E-state index contributed by atoms with van der Waals surface area (Å²) in [7, 11) is 0. The Bertz CT molecular complexity index is 1400. The Morgan fingerprint density at radius 1 is 1.03 bits per heavy atom. The van der Waals surface area contributed by atoms with Gasteiger partial charge in [0, 0.05) is 35.2 Å². The van der Waals surface area contributed by atoms with Crippen LogP contribution in [0.1, 0.15) is 61.0 Å². The summed E-state index contributed by atoms with van der Waals surface area (Å²) in [5, 5.41) is 8.71. The maximum atomic E-state index is 14.4. The van der Waals surface area contributed by atoms with Gasteiger partial charge < -0.3 is 15.5 Å². The Kier molecular flexibility index (Phi) is 3.96. The average Bonchev–Trinajstić information content (AvgIpc) is 2.77. The van der Waals surface area contributed by atoms with Crippen LogP contribution in [-0.4, -0.2) is 9.97 Å². The summed E-state index contributed by atoms with van der Waals surface area (Å²) in [5.41, 5.74) is 9.13. The van der Waals surface area contributed by atoms with Crippen LogP contribution in [-0.2, 0) is 17.3 Å². The summed E-state index contributed by atoms with van der Waals surface area (Å²) >= 11 is 0. The van der Waals surface area contributed by atoms with Crippen LogP contribution in [0.2, 0.25) is 0 Å². The molecule has 5 nitrogen and oxygen atoms in total. The lowest BCUT2D eigenvalue weighted by atomic mass is 9.42. The number of rotatable bonds is 2. The third kappa shape index (κ3) is 2.82. The lowest BCUT2D eigenvalue weighted by Gasteiger charge is -2.62. The molecule has 0 amide bonds. The summed E-state index contributed by atoms with van der Waals surface area (Å²) in [6, 6.07) is 10.4. The Morgan fingerprint density at radius 2 is 1.79 bits per heavy atom. The lowest BCUT2D eigenvalue weighted by Crippen LogP contribution is -2.56. The first kappa shape index (κ1) is 20.2. The fourth-order valence-corrected chi connectivity index (χ4v) is 7.87. The first-order valence-electron chi connectivity index (χ1n) is 12.0. The number of halogens is 2. The Morgan fingerprint density at radius 3 is 2.56 bits per heavy atom. The number of nitrogens with zero attached hydrogens (tertiary/aromatic N) is 1. The zero-order valence-electron chi connectivity index (χ0n) is 18.8. The SMILES string of the molecule is N=c1[nH]c(C23CC4CC(CC(c5cccc(N)c5)(C4)C2)C3)nc2c1Cc1c(F)cc(F)cc1O2. The van der Waals surface area contributed by atoms with Gasteiger partial charge in [0.25, 0.3) is 0 Å². The second-order valence-electron chi connectivity index (χ2n) is 11.0. The topological polar surface area (TPSA) is 87.8 Å². The molecule has 8 rings (SSSR count). The van der Waals surface area contributed by atoms with Gasteiger partial charge in [0.2, 0.25) is 5.88 Å². The van der Waals surface area contributed by atoms with E-state index in [1.165, 1.54) is 18.1 Å². The van der Waals surface area contributed by atoms with E-state index in [2.05, 4.69) is 17.1 Å². The summed E-state index contributed by atoms with van der Waals surface area (Å²) in [4.78, 5) is 8.19. The number of hydrogen-bond donors (Lipinski definition) is 3. The molecule has 34 heavy (non-hydrogen) atoms. The molecule has 5 aliphatic rings. The largest absolute Gasteiger partial charge is 0.438 e. The Balaban J connectivity index is 1.33. The first-order valence-corrected chi connectivity index (χ1v) is 12.0. The third-order valence-electron chi connectivity index (χ3n) is 8.76. The molecule has 2 heterocycles. The van der Waals surface area contributed by atoms with Crippen molar-refractivity contribution in [3.05, 3.63) is 76.0 Å². The van der Waals surface area contributed by atoms with Crippen molar-refractivity contribution in [1.82, 2.24) is 9.97 Å². The molecule has 4 bridgehead atoms. The molecule has 4 saturated carbocycles. The van der Waals surface area contributed by atoms with Gasteiger partial charge in [-0.05, 0) is 73.5 Å². The van der Waals surface area contributed by atoms with E-state index in [4.69, 9.17) is 20.9 Å². The van der Waals surface area contributed by atoms with Gasteiger partial charge in [-0.2, -0.15) is 4.98 Å². The van der Waals surface area contributed by atoms with Crippen molar-refractivity contribution in [2.24, 2.45) is 11.8 Å². The minimum atomic E-state index is -0.682. The zero-order valence-corrected chi connectivity index (χ0v) is 18.8. The van der Waals surface area contributed by atoms with Crippen LogP contribution in [0.15, 0.2) is 36.4 Å². The van der Waals surface area contributed by atoms with Gasteiger partial charge in [-0.15, -0.1) is 0 Å². The minimum absolute atomic E-state index is 0.0623. The van der Waals surface area contributed by atoms with E-state index >= 15 is 0 Å². The van der Waals surface area contributed by atoms with Crippen molar-refractivity contribution in [2.45, 2.75) is 55.8 Å². The van der Waals surface area contributed by atoms with E-state index in [9.17, 15) is 8.78 Å². The Labute approximate surface area is 195 Å². The summed E-state index contributed by atoms with van der Waals surface area (Å²) in [6.07, 6.45) is 6.76. The standard InChI is InChI=1S/C27H26F2N4O/c28-17-6-21(29)19-8-20-23(31)32-25(33-24(20)34-22(19)7-17)27-11-14-4-15(12-27)10-26(9-14,13-27)16-2-1-3-18(30)5-16/h1-3,5-7,14-15H,4,8-13,30H2,(H2,31,32,33). The van der Waals surface area contributed by atoms with E-state index in [1.807, 2.05) is 12.1 Å². The molecule has 0 spiro atoms. The van der Waals surface area contributed by atoms with Crippen molar-refractivity contribution in [1.29, 1.82) is 5.41 Å². The number of H-pyrrole nitrogens is 1. The smallest absolute Gasteiger partial charge is 0.228 e. The monoisotopic (exact) mass is 460 g/mol. The number of aromatic amines is 1. The van der Waals surface area contributed by atoms with E-state index in [1.54, 1.807) is 0 Å². The van der Waals surface area contributed by atoms with Gasteiger partial charge >= 0.3 is 0 Å².